The quantitative estimate of drug-likeness (QED) is 0.180. The molecule has 0 saturated carbocycles. The molecule has 0 saturated heterocycles. The van der Waals surface area contributed by atoms with Gasteiger partial charge in [0.05, 0.1) is 27.1 Å². The van der Waals surface area contributed by atoms with E-state index < -0.39 is 0 Å². The van der Waals surface area contributed by atoms with Gasteiger partial charge in [0, 0.05) is 48.3 Å². The molecule has 0 fully saturated rings. The van der Waals surface area contributed by atoms with Gasteiger partial charge in [-0.2, -0.15) is 0 Å². The van der Waals surface area contributed by atoms with Crippen molar-refractivity contribution in [1.29, 1.82) is 0 Å². The third-order valence-corrected chi connectivity index (χ3v) is 10.7. The minimum Gasteiger partial charge on any atom is -0.246 e. The van der Waals surface area contributed by atoms with Crippen LogP contribution in [0.15, 0.2) is 164 Å². The molecule has 0 aliphatic carbocycles. The van der Waals surface area contributed by atoms with Crippen LogP contribution in [-0.4, -0.2) is 15.0 Å². The first-order chi connectivity index (χ1) is 24.3. The third-order valence-electron chi connectivity index (χ3n) is 9.49. The van der Waals surface area contributed by atoms with Crippen molar-refractivity contribution in [3.8, 4) is 45.0 Å². The maximum Gasteiger partial charge on any atom is 0.160 e. The van der Waals surface area contributed by atoms with Gasteiger partial charge in [0.2, 0.25) is 0 Å². The van der Waals surface area contributed by atoms with Gasteiger partial charge in [-0.25, -0.2) is 15.0 Å². The molecule has 10 rings (SSSR count). The lowest BCUT2D eigenvalue weighted by atomic mass is 9.98. The Balaban J connectivity index is 1.06. The summed E-state index contributed by atoms with van der Waals surface area (Å²) >= 11 is 1.83. The lowest BCUT2D eigenvalue weighted by molar-refractivity contribution is 1.23. The summed E-state index contributed by atoms with van der Waals surface area (Å²) in [5.41, 5.74) is 9.47. The number of hydrogen-bond acceptors (Lipinski definition) is 4. The molecule has 3 nitrogen and oxygen atoms in total. The van der Waals surface area contributed by atoms with E-state index in [0.29, 0.717) is 0 Å². The minimum atomic E-state index is 0.733. The van der Waals surface area contributed by atoms with E-state index in [2.05, 4.69) is 133 Å². The molecule has 0 spiro atoms. The van der Waals surface area contributed by atoms with E-state index in [1.807, 2.05) is 41.7 Å². The molecule has 0 atom stereocenters. The Hall–Kier alpha value is -6.23. The van der Waals surface area contributed by atoms with Crippen molar-refractivity contribution in [2.24, 2.45) is 0 Å². The number of pyridine rings is 1. The van der Waals surface area contributed by atoms with Gasteiger partial charge in [0.25, 0.3) is 0 Å². The number of aromatic nitrogens is 3. The normalized spacial score (nSPS) is 11.7. The molecule has 3 aromatic heterocycles. The van der Waals surface area contributed by atoms with Gasteiger partial charge in [0.15, 0.2) is 5.82 Å². The zero-order chi connectivity index (χ0) is 32.3. The van der Waals surface area contributed by atoms with Crippen molar-refractivity contribution in [2.75, 3.05) is 0 Å². The van der Waals surface area contributed by atoms with Crippen molar-refractivity contribution < 1.29 is 0 Å². The van der Waals surface area contributed by atoms with Crippen molar-refractivity contribution in [3.05, 3.63) is 164 Å². The SMILES string of the molecule is c1ccc(-c2nc(-c3ccc(-c4ccc(-c5nc6c7ccccc7ccc6c6c5sc5ccccc56)cc4)cc3)c3ccccc3n2)cc1. The van der Waals surface area contributed by atoms with Crippen molar-refractivity contribution in [3.63, 3.8) is 0 Å². The monoisotopic (exact) mass is 641 g/mol. The average molecular weight is 642 g/mol. The first-order valence-corrected chi connectivity index (χ1v) is 17.3. The molecule has 10 aromatic rings. The summed E-state index contributed by atoms with van der Waals surface area (Å²) in [4.78, 5) is 15.3. The molecule has 7 aromatic carbocycles. The fourth-order valence-electron chi connectivity index (χ4n) is 7.07. The maximum absolute atomic E-state index is 5.40. The van der Waals surface area contributed by atoms with Crippen LogP contribution in [0, 0.1) is 0 Å². The fourth-order valence-corrected chi connectivity index (χ4v) is 8.30. The highest BCUT2D eigenvalue weighted by Crippen LogP contribution is 2.44. The van der Waals surface area contributed by atoms with E-state index in [1.54, 1.807) is 0 Å². The van der Waals surface area contributed by atoms with Gasteiger partial charge in [-0.3, -0.25) is 0 Å². The summed E-state index contributed by atoms with van der Waals surface area (Å²) in [6, 6.07) is 57.7. The summed E-state index contributed by atoms with van der Waals surface area (Å²) in [5, 5.41) is 7.22. The van der Waals surface area contributed by atoms with Crippen LogP contribution in [0.5, 0.6) is 0 Å². The molecule has 0 aliphatic rings. The van der Waals surface area contributed by atoms with Crippen LogP contribution in [0.1, 0.15) is 0 Å². The Labute approximate surface area is 286 Å². The van der Waals surface area contributed by atoms with Gasteiger partial charge < -0.3 is 0 Å². The van der Waals surface area contributed by atoms with Gasteiger partial charge in [-0.15, -0.1) is 11.3 Å². The van der Waals surface area contributed by atoms with E-state index in [9.17, 15) is 0 Å². The second-order valence-corrected chi connectivity index (χ2v) is 13.4. The van der Waals surface area contributed by atoms with E-state index in [-0.39, 0.29) is 0 Å². The van der Waals surface area contributed by atoms with Crippen molar-refractivity contribution >= 4 is 64.1 Å². The van der Waals surface area contributed by atoms with Gasteiger partial charge in [-0.1, -0.05) is 152 Å². The molecule has 49 heavy (non-hydrogen) atoms. The van der Waals surface area contributed by atoms with Gasteiger partial charge >= 0.3 is 0 Å². The van der Waals surface area contributed by atoms with Crippen LogP contribution >= 0.6 is 11.3 Å². The lowest BCUT2D eigenvalue weighted by Gasteiger charge is -2.11. The molecule has 0 radical (unpaired) electrons. The number of fused-ring (bicyclic) bond motifs is 8. The van der Waals surface area contributed by atoms with Crippen LogP contribution < -0.4 is 0 Å². The summed E-state index contributed by atoms with van der Waals surface area (Å²) in [6.45, 7) is 0. The number of hydrogen-bond donors (Lipinski definition) is 0. The average Bonchev–Trinajstić information content (AvgIpc) is 3.58. The standard InChI is InChI=1S/C45H27N3S/c1-2-11-33(12-3-1)45-46-38-16-8-6-14-35(38)41(48-45)31-22-18-28(19-23-31)29-20-24-32(25-21-29)42-44-40(36-15-7-9-17-39(36)49-44)37-27-26-30-10-4-5-13-34(30)43(37)47-42/h1-27H. The highest BCUT2D eigenvalue weighted by atomic mass is 32.1. The summed E-state index contributed by atoms with van der Waals surface area (Å²) in [7, 11) is 0. The molecule has 4 heteroatoms. The predicted octanol–water partition coefficient (Wildman–Crippen LogP) is 12.4. The van der Waals surface area contributed by atoms with E-state index in [4.69, 9.17) is 15.0 Å². The Morgan fingerprint density at radius 1 is 0.367 bits per heavy atom. The van der Waals surface area contributed by atoms with E-state index >= 15 is 0 Å². The molecule has 0 bridgehead atoms. The highest BCUT2D eigenvalue weighted by molar-refractivity contribution is 7.26. The molecule has 0 unspecified atom stereocenters. The third kappa shape index (κ3) is 4.61. The first-order valence-electron chi connectivity index (χ1n) is 16.4. The zero-order valence-corrected chi connectivity index (χ0v) is 27.2. The summed E-state index contributed by atoms with van der Waals surface area (Å²) in [6.07, 6.45) is 0. The minimum absolute atomic E-state index is 0.733. The van der Waals surface area contributed by atoms with Crippen LogP contribution in [0.25, 0.3) is 97.8 Å². The first kappa shape index (κ1) is 27.8. The van der Waals surface area contributed by atoms with Crippen LogP contribution in [-0.2, 0) is 0 Å². The van der Waals surface area contributed by atoms with Gasteiger partial charge in [-0.05, 0) is 28.6 Å². The topological polar surface area (TPSA) is 38.7 Å². The van der Waals surface area contributed by atoms with Crippen LogP contribution in [0.2, 0.25) is 0 Å². The van der Waals surface area contributed by atoms with E-state index in [1.165, 1.54) is 36.3 Å². The number of benzene rings is 7. The summed E-state index contributed by atoms with van der Waals surface area (Å²) in [5.74, 6) is 0.733. The largest absolute Gasteiger partial charge is 0.246 e. The predicted molar refractivity (Wildman–Crippen MR) is 207 cm³/mol. The molecule has 3 heterocycles. The van der Waals surface area contributed by atoms with E-state index in [0.717, 1.165) is 61.4 Å². The second-order valence-electron chi connectivity index (χ2n) is 12.4. The van der Waals surface area contributed by atoms with Crippen LogP contribution in [0.3, 0.4) is 0 Å². The second kappa shape index (κ2) is 11.2. The highest BCUT2D eigenvalue weighted by Gasteiger charge is 2.18. The Kier molecular flexibility index (Phi) is 6.36. The zero-order valence-electron chi connectivity index (χ0n) is 26.3. The molecule has 0 amide bonds. The fraction of sp³-hybridized carbons (Fsp3) is 0. The molecular weight excluding hydrogens is 615 g/mol. The Morgan fingerprint density at radius 2 is 0.980 bits per heavy atom. The van der Waals surface area contributed by atoms with Crippen molar-refractivity contribution in [1.82, 2.24) is 15.0 Å². The molecular formula is C45H27N3S. The maximum atomic E-state index is 5.40. The molecule has 0 aliphatic heterocycles. The number of para-hydroxylation sites is 1. The number of rotatable bonds is 4. The van der Waals surface area contributed by atoms with Crippen LogP contribution in [0.4, 0.5) is 0 Å². The summed E-state index contributed by atoms with van der Waals surface area (Å²) < 4.78 is 2.51. The van der Waals surface area contributed by atoms with Crippen molar-refractivity contribution in [2.45, 2.75) is 0 Å². The lowest BCUT2D eigenvalue weighted by Crippen LogP contribution is -1.95. The number of thiophene rings is 1. The Morgan fingerprint density at radius 3 is 1.76 bits per heavy atom. The molecule has 0 N–H and O–H groups in total. The molecule has 228 valence electrons. The van der Waals surface area contributed by atoms with Gasteiger partial charge in [0.1, 0.15) is 0 Å². The smallest absolute Gasteiger partial charge is 0.160 e. The Bertz CT molecular complexity index is 2860. The number of nitrogens with zero attached hydrogens (tertiary/aromatic N) is 3.